The Morgan fingerprint density at radius 3 is 2.56 bits per heavy atom. The molecule has 0 spiro atoms. The van der Waals surface area contributed by atoms with Crippen molar-refractivity contribution < 1.29 is 9.53 Å². The smallest absolute Gasteiger partial charge is 0.255 e. The molecule has 32 heavy (non-hydrogen) atoms. The van der Waals surface area contributed by atoms with E-state index in [2.05, 4.69) is 29.0 Å². The third-order valence-corrected chi connectivity index (χ3v) is 5.53. The molecule has 9 nitrogen and oxygen atoms in total. The fourth-order valence-corrected chi connectivity index (χ4v) is 3.62. The first-order valence-electron chi connectivity index (χ1n) is 9.71. The number of ether oxygens (including phenoxy) is 1. The molecular weight excluding hydrogens is 426 g/mol. The lowest BCUT2D eigenvalue weighted by molar-refractivity contribution is 0.102. The van der Waals surface area contributed by atoms with E-state index in [0.717, 1.165) is 28.6 Å². The number of aryl methyl sites for hydroxylation is 1. The van der Waals surface area contributed by atoms with E-state index in [9.17, 15) is 4.79 Å². The summed E-state index contributed by atoms with van der Waals surface area (Å²) in [4.78, 5) is 25.3. The van der Waals surface area contributed by atoms with Crippen molar-refractivity contribution in [3.8, 4) is 17.4 Å². The molecule has 5 rings (SSSR count). The van der Waals surface area contributed by atoms with Crippen LogP contribution in [-0.4, -0.2) is 34.2 Å². The van der Waals surface area contributed by atoms with Gasteiger partial charge in [-0.25, -0.2) is 15.0 Å². The van der Waals surface area contributed by atoms with Crippen molar-refractivity contribution in [2.75, 3.05) is 5.32 Å². The van der Waals surface area contributed by atoms with Crippen LogP contribution in [-0.2, 0) is 0 Å². The van der Waals surface area contributed by atoms with Crippen LogP contribution in [0, 0.1) is 13.8 Å². The molecule has 0 aliphatic rings. The van der Waals surface area contributed by atoms with Crippen LogP contribution in [0.15, 0.2) is 61.2 Å². The third-order valence-electron chi connectivity index (χ3n) is 4.98. The van der Waals surface area contributed by atoms with Crippen LogP contribution in [0.1, 0.15) is 21.7 Å². The summed E-state index contributed by atoms with van der Waals surface area (Å²) in [6, 6.07) is 14.0. The van der Waals surface area contributed by atoms with Gasteiger partial charge in [0, 0.05) is 23.0 Å². The van der Waals surface area contributed by atoms with E-state index >= 15 is 0 Å². The molecule has 0 radical (unpaired) electrons. The van der Waals surface area contributed by atoms with Crippen LogP contribution in [0.5, 0.6) is 11.6 Å². The van der Waals surface area contributed by atoms with Crippen molar-refractivity contribution in [2.45, 2.75) is 13.8 Å². The minimum atomic E-state index is -0.222. The average Bonchev–Trinajstić information content (AvgIpc) is 3.41. The van der Waals surface area contributed by atoms with Gasteiger partial charge in [0.25, 0.3) is 5.91 Å². The molecule has 10 heteroatoms. The molecule has 0 saturated carbocycles. The van der Waals surface area contributed by atoms with Crippen molar-refractivity contribution in [3.63, 3.8) is 0 Å². The number of imidazole rings is 1. The highest BCUT2D eigenvalue weighted by Crippen LogP contribution is 2.23. The molecule has 3 aromatic heterocycles. The molecular formula is C22H17N7O2S. The molecule has 0 saturated heterocycles. The van der Waals surface area contributed by atoms with Crippen molar-refractivity contribution in [1.29, 1.82) is 0 Å². The van der Waals surface area contributed by atoms with Crippen LogP contribution >= 0.6 is 11.7 Å². The largest absolute Gasteiger partial charge is 0.439 e. The Kier molecular flexibility index (Phi) is 5.04. The van der Waals surface area contributed by atoms with Crippen molar-refractivity contribution >= 4 is 34.4 Å². The second-order valence-electron chi connectivity index (χ2n) is 7.05. The van der Waals surface area contributed by atoms with E-state index in [1.54, 1.807) is 54.9 Å². The lowest BCUT2D eigenvalue weighted by Crippen LogP contribution is -2.11. The molecule has 5 aromatic rings. The highest BCUT2D eigenvalue weighted by Gasteiger charge is 2.10. The summed E-state index contributed by atoms with van der Waals surface area (Å²) in [6.07, 6.45) is 3.17. The number of amides is 1. The zero-order valence-electron chi connectivity index (χ0n) is 17.2. The number of fused-ring (bicyclic) bond motifs is 1. The first-order chi connectivity index (χ1) is 15.6. The molecule has 158 valence electrons. The zero-order valence-corrected chi connectivity index (χ0v) is 18.0. The number of rotatable bonds is 5. The van der Waals surface area contributed by atoms with Crippen LogP contribution in [0.3, 0.4) is 0 Å². The van der Waals surface area contributed by atoms with Crippen LogP contribution in [0.2, 0.25) is 0 Å². The lowest BCUT2D eigenvalue weighted by atomic mass is 10.2. The van der Waals surface area contributed by atoms with Gasteiger partial charge in [-0.1, -0.05) is 0 Å². The average molecular weight is 443 g/mol. The van der Waals surface area contributed by atoms with Gasteiger partial charge >= 0.3 is 0 Å². The number of anilines is 1. The van der Waals surface area contributed by atoms with E-state index in [0.29, 0.717) is 34.2 Å². The number of carbonyl (C=O) groups is 1. The van der Waals surface area contributed by atoms with Crippen molar-refractivity contribution in [1.82, 2.24) is 28.3 Å². The Hall–Kier alpha value is -4.18. The summed E-state index contributed by atoms with van der Waals surface area (Å²) in [6.45, 7) is 3.92. The Bertz CT molecular complexity index is 1430. The highest BCUT2D eigenvalue weighted by molar-refractivity contribution is 7.00. The standard InChI is InChI=1S/C22H17N7O2S/c1-13-14(2)29(12-25-13)20-10-21(24-11-23-20)31-17-6-4-16(5-7-17)26-22(30)15-3-8-18-19(9-15)28-32-27-18/h3-12H,1-2H3,(H,26,30). The highest BCUT2D eigenvalue weighted by atomic mass is 32.1. The minimum absolute atomic E-state index is 0.222. The molecule has 1 amide bonds. The van der Waals surface area contributed by atoms with Gasteiger partial charge < -0.3 is 10.1 Å². The van der Waals surface area contributed by atoms with E-state index in [1.807, 2.05) is 18.4 Å². The molecule has 0 bridgehead atoms. The van der Waals surface area contributed by atoms with Crippen LogP contribution < -0.4 is 10.1 Å². The zero-order chi connectivity index (χ0) is 22.1. The van der Waals surface area contributed by atoms with Gasteiger partial charge in [0.1, 0.15) is 35.3 Å². The van der Waals surface area contributed by atoms with Gasteiger partial charge in [-0.2, -0.15) is 8.75 Å². The fourth-order valence-electron chi connectivity index (χ4n) is 3.10. The third kappa shape index (κ3) is 3.91. The molecule has 3 heterocycles. The minimum Gasteiger partial charge on any atom is -0.439 e. The Morgan fingerprint density at radius 2 is 1.78 bits per heavy atom. The summed E-state index contributed by atoms with van der Waals surface area (Å²) < 4.78 is 16.1. The van der Waals surface area contributed by atoms with Gasteiger partial charge in [-0.15, -0.1) is 0 Å². The van der Waals surface area contributed by atoms with Gasteiger partial charge in [0.15, 0.2) is 0 Å². The van der Waals surface area contributed by atoms with E-state index in [4.69, 9.17) is 4.74 Å². The van der Waals surface area contributed by atoms with Gasteiger partial charge in [-0.3, -0.25) is 9.36 Å². The first kappa shape index (κ1) is 19.8. The maximum atomic E-state index is 12.5. The van der Waals surface area contributed by atoms with Crippen LogP contribution in [0.25, 0.3) is 16.9 Å². The van der Waals surface area contributed by atoms with E-state index in [-0.39, 0.29) is 5.91 Å². The van der Waals surface area contributed by atoms with E-state index < -0.39 is 0 Å². The Morgan fingerprint density at radius 1 is 0.969 bits per heavy atom. The normalized spacial score (nSPS) is 10.9. The monoisotopic (exact) mass is 443 g/mol. The maximum absolute atomic E-state index is 12.5. The molecule has 0 atom stereocenters. The van der Waals surface area contributed by atoms with Crippen LogP contribution in [0.4, 0.5) is 5.69 Å². The summed E-state index contributed by atoms with van der Waals surface area (Å²) in [5, 5.41) is 2.87. The van der Waals surface area contributed by atoms with E-state index in [1.165, 1.54) is 6.33 Å². The lowest BCUT2D eigenvalue weighted by Gasteiger charge is -2.09. The molecule has 0 aliphatic carbocycles. The van der Waals surface area contributed by atoms with Gasteiger partial charge in [0.2, 0.25) is 5.88 Å². The predicted molar refractivity (Wildman–Crippen MR) is 121 cm³/mol. The number of nitrogens with one attached hydrogen (secondary N) is 1. The van der Waals surface area contributed by atoms with Gasteiger partial charge in [-0.05, 0) is 56.3 Å². The quantitative estimate of drug-likeness (QED) is 0.431. The summed E-state index contributed by atoms with van der Waals surface area (Å²) in [5.74, 6) is 1.44. The number of nitrogens with zero attached hydrogens (tertiary/aromatic N) is 6. The summed E-state index contributed by atoms with van der Waals surface area (Å²) in [7, 11) is 0. The summed E-state index contributed by atoms with van der Waals surface area (Å²) >= 11 is 1.12. The number of benzene rings is 2. The number of carbonyl (C=O) groups excluding carboxylic acids is 1. The second-order valence-corrected chi connectivity index (χ2v) is 7.58. The molecule has 2 aromatic carbocycles. The van der Waals surface area contributed by atoms with Crippen molar-refractivity contribution in [2.24, 2.45) is 0 Å². The first-order valence-corrected chi connectivity index (χ1v) is 10.4. The summed E-state index contributed by atoms with van der Waals surface area (Å²) in [5.41, 5.74) is 4.58. The Labute approximate surface area is 187 Å². The van der Waals surface area contributed by atoms with Gasteiger partial charge in [0.05, 0.1) is 17.4 Å². The molecule has 0 aliphatic heterocycles. The topological polar surface area (TPSA) is 108 Å². The number of hydrogen-bond acceptors (Lipinski definition) is 8. The number of hydrogen-bond donors (Lipinski definition) is 1. The Balaban J connectivity index is 1.28. The van der Waals surface area contributed by atoms with Crippen molar-refractivity contribution in [3.05, 3.63) is 78.1 Å². The SMILES string of the molecule is Cc1ncn(-c2cc(Oc3ccc(NC(=O)c4ccc5nsnc5c4)cc3)ncn2)c1C. The predicted octanol–water partition coefficient (Wildman–Crippen LogP) is 4.33. The second kappa shape index (κ2) is 8.16. The maximum Gasteiger partial charge on any atom is 0.255 e. The molecule has 0 unspecified atom stereocenters. The molecule has 0 fully saturated rings. The number of aromatic nitrogens is 6. The fraction of sp³-hybridized carbons (Fsp3) is 0.0909. The molecule has 1 N–H and O–H groups in total.